The lowest BCUT2D eigenvalue weighted by Gasteiger charge is -2.35. The van der Waals surface area contributed by atoms with Crippen molar-refractivity contribution in [2.75, 3.05) is 13.1 Å². The van der Waals surface area contributed by atoms with Crippen LogP contribution in [-0.2, 0) is 0 Å². The van der Waals surface area contributed by atoms with Gasteiger partial charge in [-0.2, -0.15) is 0 Å². The van der Waals surface area contributed by atoms with Gasteiger partial charge in [-0.15, -0.1) is 12.4 Å². The minimum absolute atomic E-state index is 0. The van der Waals surface area contributed by atoms with Crippen molar-refractivity contribution >= 4 is 24.1 Å². The van der Waals surface area contributed by atoms with Crippen molar-refractivity contribution < 1.29 is 9.59 Å². The molecule has 2 atom stereocenters. The van der Waals surface area contributed by atoms with Gasteiger partial charge in [-0.25, -0.2) is 0 Å². The number of halogens is 1. The molecule has 1 heterocycles. The third-order valence-electron chi connectivity index (χ3n) is 4.03. The van der Waals surface area contributed by atoms with Crippen molar-refractivity contribution in [3.63, 3.8) is 0 Å². The highest BCUT2D eigenvalue weighted by Gasteiger charge is 2.27. The molecule has 0 saturated carbocycles. The van der Waals surface area contributed by atoms with Crippen LogP contribution in [0.15, 0.2) is 24.3 Å². The summed E-state index contributed by atoms with van der Waals surface area (Å²) in [6.07, 6.45) is 2.04. The van der Waals surface area contributed by atoms with Gasteiger partial charge < -0.3 is 10.6 Å². The Bertz CT molecular complexity index is 517. The summed E-state index contributed by atoms with van der Waals surface area (Å²) in [7, 11) is 0. The molecule has 1 aliphatic heterocycles. The lowest BCUT2D eigenvalue weighted by molar-refractivity contribution is 0.0657. The Balaban J connectivity index is 0.00000220. The van der Waals surface area contributed by atoms with Crippen molar-refractivity contribution in [2.24, 2.45) is 11.7 Å². The van der Waals surface area contributed by atoms with Crippen LogP contribution >= 0.6 is 12.4 Å². The number of carbonyl (C=O) groups is 2. The monoisotopic (exact) mass is 310 g/mol. The van der Waals surface area contributed by atoms with Crippen LogP contribution in [0.1, 0.15) is 47.4 Å². The fraction of sp³-hybridized carbons (Fsp3) is 0.500. The zero-order valence-corrected chi connectivity index (χ0v) is 13.4. The summed E-state index contributed by atoms with van der Waals surface area (Å²) in [5.41, 5.74) is 6.96. The zero-order valence-electron chi connectivity index (χ0n) is 12.5. The third kappa shape index (κ3) is 4.05. The quantitative estimate of drug-likeness (QED) is 0.873. The van der Waals surface area contributed by atoms with E-state index in [1.807, 2.05) is 11.8 Å². The van der Waals surface area contributed by atoms with Crippen molar-refractivity contribution in [3.8, 4) is 0 Å². The van der Waals surface area contributed by atoms with Gasteiger partial charge in [0, 0.05) is 24.7 Å². The largest absolute Gasteiger partial charge is 0.338 e. The number of nitrogens with zero attached hydrogens (tertiary/aromatic N) is 1. The van der Waals surface area contributed by atoms with Gasteiger partial charge in [-0.1, -0.05) is 18.2 Å². The van der Waals surface area contributed by atoms with Crippen molar-refractivity contribution in [1.82, 2.24) is 4.90 Å². The number of benzene rings is 1. The highest BCUT2D eigenvalue weighted by Crippen LogP contribution is 2.21. The minimum Gasteiger partial charge on any atom is -0.338 e. The topological polar surface area (TPSA) is 63.4 Å². The fourth-order valence-electron chi connectivity index (χ4n) is 2.77. The van der Waals surface area contributed by atoms with E-state index in [1.54, 1.807) is 24.3 Å². The summed E-state index contributed by atoms with van der Waals surface area (Å²) < 4.78 is 0. The standard InChI is InChI=1S/C16H22N2O2.ClH/c1-11(17)13-6-5-9-18(10-13)16(20)15-8-4-3-7-14(15)12(2)19;/h3-4,7-8,11,13H,5-6,9-10,17H2,1-2H3;1H. The van der Waals surface area contributed by atoms with E-state index in [2.05, 4.69) is 0 Å². The molecule has 2 unspecified atom stereocenters. The molecule has 1 aromatic rings. The van der Waals surface area contributed by atoms with E-state index < -0.39 is 0 Å². The molecule has 116 valence electrons. The molecule has 0 spiro atoms. The van der Waals surface area contributed by atoms with E-state index in [0.29, 0.717) is 23.6 Å². The summed E-state index contributed by atoms with van der Waals surface area (Å²) in [5, 5.41) is 0. The summed E-state index contributed by atoms with van der Waals surface area (Å²) in [6, 6.07) is 7.12. The number of piperidine rings is 1. The summed E-state index contributed by atoms with van der Waals surface area (Å²) in [6.45, 7) is 4.91. The van der Waals surface area contributed by atoms with E-state index in [9.17, 15) is 9.59 Å². The third-order valence-corrected chi connectivity index (χ3v) is 4.03. The van der Waals surface area contributed by atoms with Crippen LogP contribution in [0.5, 0.6) is 0 Å². The maximum Gasteiger partial charge on any atom is 0.254 e. The Morgan fingerprint density at radius 3 is 2.48 bits per heavy atom. The smallest absolute Gasteiger partial charge is 0.254 e. The summed E-state index contributed by atoms with van der Waals surface area (Å²) >= 11 is 0. The molecule has 0 radical (unpaired) electrons. The number of nitrogens with two attached hydrogens (primary N) is 1. The highest BCUT2D eigenvalue weighted by atomic mass is 35.5. The second-order valence-electron chi connectivity index (χ2n) is 5.61. The van der Waals surface area contributed by atoms with Crippen LogP contribution in [-0.4, -0.2) is 35.7 Å². The van der Waals surface area contributed by atoms with Crippen molar-refractivity contribution in [1.29, 1.82) is 0 Å². The molecule has 21 heavy (non-hydrogen) atoms. The van der Waals surface area contributed by atoms with Crippen LogP contribution < -0.4 is 5.73 Å². The second kappa shape index (κ2) is 7.57. The Morgan fingerprint density at radius 2 is 1.90 bits per heavy atom. The van der Waals surface area contributed by atoms with Gasteiger partial charge in [0.15, 0.2) is 5.78 Å². The number of rotatable bonds is 3. The van der Waals surface area contributed by atoms with E-state index >= 15 is 0 Å². The lowest BCUT2D eigenvalue weighted by Crippen LogP contribution is -2.45. The van der Waals surface area contributed by atoms with Gasteiger partial charge in [0.05, 0.1) is 5.56 Å². The van der Waals surface area contributed by atoms with Gasteiger partial charge in [-0.05, 0) is 38.7 Å². The fourth-order valence-corrected chi connectivity index (χ4v) is 2.77. The van der Waals surface area contributed by atoms with E-state index in [4.69, 9.17) is 5.73 Å². The molecular weight excluding hydrogens is 288 g/mol. The van der Waals surface area contributed by atoms with Gasteiger partial charge in [0.1, 0.15) is 0 Å². The first kappa shape index (κ1) is 17.7. The Labute approximate surface area is 132 Å². The number of Topliss-reactive ketones (excluding diaryl/α,β-unsaturated/α-hetero) is 1. The van der Waals surface area contributed by atoms with Crippen LogP contribution in [0, 0.1) is 5.92 Å². The van der Waals surface area contributed by atoms with Crippen LogP contribution in [0.3, 0.4) is 0 Å². The molecule has 0 aliphatic carbocycles. The molecule has 2 N–H and O–H groups in total. The number of amides is 1. The number of likely N-dealkylation sites (tertiary alicyclic amines) is 1. The molecule has 1 saturated heterocycles. The second-order valence-corrected chi connectivity index (χ2v) is 5.61. The predicted octanol–water partition coefficient (Wildman–Crippen LogP) is 2.51. The molecular formula is C16H23ClN2O2. The van der Waals surface area contributed by atoms with Gasteiger partial charge in [-0.3, -0.25) is 9.59 Å². The Morgan fingerprint density at radius 1 is 1.29 bits per heavy atom. The zero-order chi connectivity index (χ0) is 14.7. The predicted molar refractivity (Wildman–Crippen MR) is 86.0 cm³/mol. The molecule has 1 aliphatic rings. The first-order valence-corrected chi connectivity index (χ1v) is 7.15. The number of ketones is 1. The average Bonchev–Trinajstić information content (AvgIpc) is 2.46. The Hall–Kier alpha value is -1.39. The first-order chi connectivity index (χ1) is 9.50. The molecule has 2 rings (SSSR count). The van der Waals surface area contributed by atoms with Crippen LogP contribution in [0.25, 0.3) is 0 Å². The highest BCUT2D eigenvalue weighted by molar-refractivity contribution is 6.07. The lowest BCUT2D eigenvalue weighted by atomic mass is 9.91. The van der Waals surface area contributed by atoms with Crippen LogP contribution in [0.2, 0.25) is 0 Å². The van der Waals surface area contributed by atoms with Crippen LogP contribution in [0.4, 0.5) is 0 Å². The molecule has 1 amide bonds. The molecule has 1 fully saturated rings. The van der Waals surface area contributed by atoms with Crippen molar-refractivity contribution in [2.45, 2.75) is 32.7 Å². The van der Waals surface area contributed by atoms with E-state index in [-0.39, 0.29) is 30.1 Å². The molecule has 4 nitrogen and oxygen atoms in total. The molecule has 0 aromatic heterocycles. The van der Waals surface area contributed by atoms with Gasteiger partial charge >= 0.3 is 0 Å². The van der Waals surface area contributed by atoms with Gasteiger partial charge in [0.2, 0.25) is 0 Å². The number of carbonyl (C=O) groups excluding carboxylic acids is 2. The van der Waals surface area contributed by atoms with E-state index in [0.717, 1.165) is 19.4 Å². The first-order valence-electron chi connectivity index (χ1n) is 7.15. The molecule has 5 heteroatoms. The summed E-state index contributed by atoms with van der Waals surface area (Å²) in [5.74, 6) is 0.216. The number of hydrogen-bond acceptors (Lipinski definition) is 3. The molecule has 1 aromatic carbocycles. The number of hydrogen-bond donors (Lipinski definition) is 1. The maximum absolute atomic E-state index is 12.6. The van der Waals surface area contributed by atoms with Gasteiger partial charge in [0.25, 0.3) is 5.91 Å². The molecule has 0 bridgehead atoms. The van der Waals surface area contributed by atoms with E-state index in [1.165, 1.54) is 6.92 Å². The minimum atomic E-state index is -0.0743. The summed E-state index contributed by atoms with van der Waals surface area (Å²) in [4.78, 5) is 26.1. The normalized spacial score (nSPS) is 19.6. The Kier molecular flexibility index (Phi) is 6.37. The average molecular weight is 311 g/mol. The van der Waals surface area contributed by atoms with Crippen molar-refractivity contribution in [3.05, 3.63) is 35.4 Å². The maximum atomic E-state index is 12.6. The SMILES string of the molecule is CC(=O)c1ccccc1C(=O)N1CCCC(C(C)N)C1.Cl.